The molecule has 0 radical (unpaired) electrons. The summed E-state index contributed by atoms with van der Waals surface area (Å²) in [5.41, 5.74) is 3.12. The first-order valence-electron chi connectivity index (χ1n) is 8.88. The van der Waals surface area contributed by atoms with Gasteiger partial charge >= 0.3 is 0 Å². The molecule has 1 aliphatic carbocycles. The Morgan fingerprint density at radius 2 is 1.54 bits per heavy atom. The molecule has 0 fully saturated rings. The molecule has 1 N–H and O–H groups in total. The highest BCUT2D eigenvalue weighted by atomic mass is 16.7. The number of hydrogen-bond acceptors (Lipinski definition) is 5. The molecule has 1 heterocycles. The SMILES string of the molecule is COc1cc2c(cc1OC)[C@@H](O)[C@@H](C)[C@H](C)[C@@H]2c1ccc2c(c1)OCO2. The second-order valence-corrected chi connectivity index (χ2v) is 7.09. The number of aliphatic hydroxyl groups is 1. The van der Waals surface area contributed by atoms with Crippen molar-refractivity contribution in [1.29, 1.82) is 0 Å². The Kier molecular flexibility index (Phi) is 4.19. The summed E-state index contributed by atoms with van der Waals surface area (Å²) in [6, 6.07) is 9.99. The lowest BCUT2D eigenvalue weighted by Crippen LogP contribution is -2.30. The number of aliphatic hydroxyl groups excluding tert-OH is 1. The molecule has 0 unspecified atom stereocenters. The lowest BCUT2D eigenvalue weighted by atomic mass is 9.66. The molecule has 4 atom stereocenters. The molecule has 0 amide bonds. The van der Waals surface area contributed by atoms with E-state index in [1.54, 1.807) is 14.2 Å². The number of fused-ring (bicyclic) bond motifs is 2. The predicted octanol–water partition coefficient (Wildman–Crippen LogP) is 3.88. The lowest BCUT2D eigenvalue weighted by molar-refractivity contribution is 0.0684. The van der Waals surface area contributed by atoms with Gasteiger partial charge in [0.25, 0.3) is 0 Å². The molecular weight excluding hydrogens is 332 g/mol. The quantitative estimate of drug-likeness (QED) is 0.904. The molecule has 0 saturated heterocycles. The summed E-state index contributed by atoms with van der Waals surface area (Å²) in [6.07, 6.45) is -0.537. The molecule has 0 aromatic heterocycles. The third kappa shape index (κ3) is 2.50. The maximum Gasteiger partial charge on any atom is 0.231 e. The van der Waals surface area contributed by atoms with Gasteiger partial charge in [-0.15, -0.1) is 0 Å². The van der Waals surface area contributed by atoms with Crippen LogP contribution in [0.15, 0.2) is 30.3 Å². The molecular formula is C21H24O5. The zero-order chi connectivity index (χ0) is 18.4. The molecule has 2 aromatic carbocycles. The first-order chi connectivity index (χ1) is 12.5. The van der Waals surface area contributed by atoms with Crippen LogP contribution in [0, 0.1) is 11.8 Å². The van der Waals surface area contributed by atoms with Crippen molar-refractivity contribution < 1.29 is 24.1 Å². The first kappa shape index (κ1) is 17.0. The molecule has 2 aromatic rings. The molecule has 138 valence electrons. The minimum atomic E-state index is -0.537. The zero-order valence-corrected chi connectivity index (χ0v) is 15.5. The van der Waals surface area contributed by atoms with Crippen LogP contribution in [0.25, 0.3) is 0 Å². The van der Waals surface area contributed by atoms with E-state index in [9.17, 15) is 5.11 Å². The molecule has 0 spiro atoms. The fraction of sp³-hybridized carbons (Fsp3) is 0.429. The Morgan fingerprint density at radius 1 is 0.885 bits per heavy atom. The van der Waals surface area contributed by atoms with Gasteiger partial charge in [0, 0.05) is 5.92 Å². The third-order valence-corrected chi connectivity index (χ3v) is 5.85. The average molecular weight is 356 g/mol. The van der Waals surface area contributed by atoms with Gasteiger partial charge in [0.2, 0.25) is 6.79 Å². The summed E-state index contributed by atoms with van der Waals surface area (Å²) in [6.45, 7) is 4.54. The smallest absolute Gasteiger partial charge is 0.231 e. The van der Waals surface area contributed by atoms with Crippen LogP contribution in [0.2, 0.25) is 0 Å². The highest BCUT2D eigenvalue weighted by Crippen LogP contribution is 2.51. The first-order valence-corrected chi connectivity index (χ1v) is 8.88. The summed E-state index contributed by atoms with van der Waals surface area (Å²) in [5.74, 6) is 3.33. The van der Waals surface area contributed by atoms with Crippen LogP contribution in [-0.4, -0.2) is 26.1 Å². The molecule has 0 bridgehead atoms. The predicted molar refractivity (Wildman–Crippen MR) is 97.2 cm³/mol. The van der Waals surface area contributed by atoms with E-state index < -0.39 is 6.10 Å². The Hall–Kier alpha value is -2.40. The van der Waals surface area contributed by atoms with Crippen LogP contribution in [-0.2, 0) is 0 Å². The van der Waals surface area contributed by atoms with Gasteiger partial charge in [-0.3, -0.25) is 0 Å². The van der Waals surface area contributed by atoms with Gasteiger partial charge in [-0.1, -0.05) is 19.9 Å². The van der Waals surface area contributed by atoms with Crippen molar-refractivity contribution in [2.45, 2.75) is 25.9 Å². The van der Waals surface area contributed by atoms with Crippen LogP contribution in [0.1, 0.15) is 42.6 Å². The minimum Gasteiger partial charge on any atom is -0.493 e. The molecule has 26 heavy (non-hydrogen) atoms. The number of hydrogen-bond donors (Lipinski definition) is 1. The van der Waals surface area contributed by atoms with Crippen molar-refractivity contribution in [2.24, 2.45) is 11.8 Å². The van der Waals surface area contributed by atoms with Crippen LogP contribution in [0.5, 0.6) is 23.0 Å². The number of rotatable bonds is 3. The molecule has 0 saturated carbocycles. The van der Waals surface area contributed by atoms with Crippen LogP contribution in [0.3, 0.4) is 0 Å². The monoisotopic (exact) mass is 356 g/mol. The Balaban J connectivity index is 1.88. The molecule has 4 rings (SSSR count). The fourth-order valence-electron chi connectivity index (χ4n) is 4.18. The van der Waals surface area contributed by atoms with Crippen molar-refractivity contribution >= 4 is 0 Å². The van der Waals surface area contributed by atoms with Crippen molar-refractivity contribution in [1.82, 2.24) is 0 Å². The summed E-state index contributed by atoms with van der Waals surface area (Å²) in [7, 11) is 3.24. The van der Waals surface area contributed by atoms with Gasteiger partial charge in [-0.2, -0.15) is 0 Å². The zero-order valence-electron chi connectivity index (χ0n) is 15.5. The number of ether oxygens (including phenoxy) is 4. The van der Waals surface area contributed by atoms with E-state index in [0.29, 0.717) is 11.5 Å². The molecule has 2 aliphatic rings. The van der Waals surface area contributed by atoms with Gasteiger partial charge in [-0.05, 0) is 52.8 Å². The second kappa shape index (κ2) is 6.40. The maximum atomic E-state index is 10.9. The standard InChI is InChI=1S/C21H24O5/c1-11-12(2)21(22)15-9-18(24-4)17(23-3)8-14(15)20(11)13-5-6-16-19(7-13)26-10-25-16/h5-9,11-12,20-22H,10H2,1-4H3/t11-,12-,20+,21-/m0/s1. The summed E-state index contributed by atoms with van der Waals surface area (Å²) < 4.78 is 22.0. The summed E-state index contributed by atoms with van der Waals surface area (Å²) in [4.78, 5) is 0. The van der Waals surface area contributed by atoms with E-state index in [-0.39, 0.29) is 24.5 Å². The van der Waals surface area contributed by atoms with Crippen LogP contribution < -0.4 is 18.9 Å². The van der Waals surface area contributed by atoms with Gasteiger partial charge in [0.05, 0.1) is 20.3 Å². The molecule has 1 aliphatic heterocycles. The third-order valence-electron chi connectivity index (χ3n) is 5.85. The van der Waals surface area contributed by atoms with E-state index in [4.69, 9.17) is 18.9 Å². The van der Waals surface area contributed by atoms with Crippen molar-refractivity contribution in [2.75, 3.05) is 21.0 Å². The summed E-state index contributed by atoms with van der Waals surface area (Å²) >= 11 is 0. The van der Waals surface area contributed by atoms with Gasteiger partial charge in [0.1, 0.15) is 0 Å². The van der Waals surface area contributed by atoms with Crippen molar-refractivity contribution in [3.63, 3.8) is 0 Å². The Morgan fingerprint density at radius 3 is 2.23 bits per heavy atom. The highest BCUT2D eigenvalue weighted by molar-refractivity contribution is 5.55. The summed E-state index contributed by atoms with van der Waals surface area (Å²) in [5, 5.41) is 10.9. The van der Waals surface area contributed by atoms with E-state index in [1.165, 1.54) is 0 Å². The van der Waals surface area contributed by atoms with Crippen LogP contribution >= 0.6 is 0 Å². The van der Waals surface area contributed by atoms with Gasteiger partial charge in [0.15, 0.2) is 23.0 Å². The minimum absolute atomic E-state index is 0.107. The second-order valence-electron chi connectivity index (χ2n) is 7.09. The van der Waals surface area contributed by atoms with E-state index in [0.717, 1.165) is 28.2 Å². The largest absolute Gasteiger partial charge is 0.493 e. The van der Waals surface area contributed by atoms with Crippen LogP contribution in [0.4, 0.5) is 0 Å². The number of methoxy groups -OCH3 is 2. The van der Waals surface area contributed by atoms with E-state index in [2.05, 4.69) is 26.0 Å². The van der Waals surface area contributed by atoms with Gasteiger partial charge in [-0.25, -0.2) is 0 Å². The van der Waals surface area contributed by atoms with Crippen molar-refractivity contribution in [3.8, 4) is 23.0 Å². The Labute approximate surface area is 153 Å². The average Bonchev–Trinajstić information content (AvgIpc) is 3.13. The fourth-order valence-corrected chi connectivity index (χ4v) is 4.18. The maximum absolute atomic E-state index is 10.9. The topological polar surface area (TPSA) is 57.2 Å². The normalized spacial score (nSPS) is 26.3. The highest BCUT2D eigenvalue weighted by Gasteiger charge is 2.39. The van der Waals surface area contributed by atoms with Gasteiger partial charge < -0.3 is 24.1 Å². The molecule has 5 heteroatoms. The molecule has 5 nitrogen and oxygen atoms in total. The lowest BCUT2D eigenvalue weighted by Gasteiger charge is -2.40. The Bertz CT molecular complexity index is 831. The van der Waals surface area contributed by atoms with Crippen molar-refractivity contribution in [3.05, 3.63) is 47.0 Å². The van der Waals surface area contributed by atoms with E-state index in [1.807, 2.05) is 18.2 Å². The van der Waals surface area contributed by atoms with E-state index >= 15 is 0 Å². The number of benzene rings is 2.